The van der Waals surface area contributed by atoms with Gasteiger partial charge in [-0.2, -0.15) is 0 Å². The topological polar surface area (TPSA) is 153 Å². The number of hydrogen-bond donors (Lipinski definition) is 4. The zero-order valence-electron chi connectivity index (χ0n) is 32.0. The highest BCUT2D eigenvalue weighted by Crippen LogP contribution is 2.39. The molecule has 0 spiro atoms. The molecule has 0 bridgehead atoms. The lowest BCUT2D eigenvalue weighted by Gasteiger charge is -2.39. The zero-order valence-corrected chi connectivity index (χ0v) is 32.8. The normalized spacial score (nSPS) is 19.2. The lowest BCUT2D eigenvalue weighted by Crippen LogP contribution is -2.53. The molecular weight excluding hydrogens is 699 g/mol. The van der Waals surface area contributed by atoms with Crippen molar-refractivity contribution >= 4 is 34.8 Å². The lowest BCUT2D eigenvalue weighted by atomic mass is 9.72. The van der Waals surface area contributed by atoms with Crippen molar-refractivity contribution < 1.29 is 19.5 Å². The summed E-state index contributed by atoms with van der Waals surface area (Å²) in [6, 6.07) is 9.03. The number of benzene rings is 1. The van der Waals surface area contributed by atoms with E-state index in [-0.39, 0.29) is 18.3 Å². The van der Waals surface area contributed by atoms with E-state index in [1.807, 2.05) is 42.7 Å². The van der Waals surface area contributed by atoms with E-state index in [9.17, 15) is 19.5 Å². The van der Waals surface area contributed by atoms with Crippen molar-refractivity contribution in [1.29, 1.82) is 0 Å². The number of nitrogens with zero attached hydrogens (tertiary/aromatic N) is 4. The molecule has 1 saturated heterocycles. The molecule has 4 aromatic rings. The Bertz CT molecular complexity index is 1820. The van der Waals surface area contributed by atoms with Crippen LogP contribution < -0.4 is 15.5 Å². The van der Waals surface area contributed by atoms with Crippen LogP contribution in [0.15, 0.2) is 61.3 Å². The van der Waals surface area contributed by atoms with Crippen LogP contribution in [0.25, 0.3) is 11.4 Å². The number of nitrogens with one attached hydrogen (secondary N) is 3. The highest BCUT2D eigenvalue weighted by atomic mass is 32.1. The Morgan fingerprint density at radius 1 is 0.889 bits per heavy atom. The second-order valence-corrected chi connectivity index (χ2v) is 17.2. The van der Waals surface area contributed by atoms with E-state index in [1.54, 1.807) is 12.3 Å². The number of carbonyl (C=O) groups is 3. The number of imidazole rings is 1. The number of aromatic amines is 1. The van der Waals surface area contributed by atoms with Crippen molar-refractivity contribution in [3.05, 3.63) is 82.3 Å². The Hall–Kier alpha value is -4.58. The first-order chi connectivity index (χ1) is 26.0. The largest absolute Gasteiger partial charge is 0.480 e. The number of carboxylic acids is 1. The fourth-order valence-electron chi connectivity index (χ4n) is 8.03. The Balaban J connectivity index is 1.09. The smallest absolute Gasteiger partial charge is 0.326 e. The molecule has 4 N–H and O–H groups in total. The zero-order chi connectivity index (χ0) is 38.2. The van der Waals surface area contributed by atoms with Crippen LogP contribution >= 0.6 is 11.3 Å². The van der Waals surface area contributed by atoms with E-state index in [2.05, 4.69) is 53.2 Å². The molecule has 3 aromatic heterocycles. The van der Waals surface area contributed by atoms with Gasteiger partial charge in [0.05, 0.1) is 35.0 Å². The van der Waals surface area contributed by atoms with Crippen LogP contribution in [0.5, 0.6) is 0 Å². The number of rotatable bonds is 14. The molecule has 4 heterocycles. The third kappa shape index (κ3) is 10.1. The summed E-state index contributed by atoms with van der Waals surface area (Å²) in [6.07, 6.45) is 17.8. The third-order valence-electron chi connectivity index (χ3n) is 11.2. The lowest BCUT2D eigenvalue weighted by molar-refractivity contribution is -0.142. The summed E-state index contributed by atoms with van der Waals surface area (Å²) in [5.41, 5.74) is 3.06. The highest BCUT2D eigenvalue weighted by molar-refractivity contribution is 7.14. The minimum Gasteiger partial charge on any atom is -0.480 e. The monoisotopic (exact) mass is 753 g/mol. The van der Waals surface area contributed by atoms with Gasteiger partial charge in [-0.25, -0.2) is 19.7 Å². The summed E-state index contributed by atoms with van der Waals surface area (Å²) in [6.45, 7) is 10.6. The van der Waals surface area contributed by atoms with Gasteiger partial charge in [0, 0.05) is 42.6 Å². The molecule has 11 nitrogen and oxygen atoms in total. The SMILES string of the molecule is CCC[C@H]1CC[C@H](C2CCN(c3cnc(-c4ccc(C[C@H](NC(=O)c5ccc(C(C)(C)C)s5)C(=O)N[C@H](Cc5c[nH]cn5)C(=O)O)cc4)nc3)CC2)CC1. The summed E-state index contributed by atoms with van der Waals surface area (Å²) in [5.74, 6) is 1.11. The van der Waals surface area contributed by atoms with Crippen LogP contribution in [-0.2, 0) is 27.8 Å². The first kappa shape index (κ1) is 39.1. The molecule has 2 atom stereocenters. The van der Waals surface area contributed by atoms with Crippen LogP contribution in [0.2, 0.25) is 0 Å². The second kappa shape index (κ2) is 17.7. The number of piperidine rings is 1. The van der Waals surface area contributed by atoms with Gasteiger partial charge in [-0.1, -0.05) is 77.6 Å². The van der Waals surface area contributed by atoms with E-state index in [1.165, 1.54) is 69.0 Å². The van der Waals surface area contributed by atoms with Crippen molar-refractivity contribution in [1.82, 2.24) is 30.6 Å². The van der Waals surface area contributed by atoms with E-state index >= 15 is 0 Å². The standard InChI is InChI=1S/C42H55N7O4S/c1-5-6-27-7-11-29(12-8-27)30-17-19-49(20-18-30)33-24-44-38(45-25-33)31-13-9-28(10-14-31)21-34(47-40(51)36-15-16-37(54-36)42(2,3)4)39(50)48-35(41(52)53)22-32-23-43-26-46-32/h9-10,13-16,23-27,29-30,34-35H,5-8,11-12,17-22H2,1-4H3,(H,43,46)(H,47,51)(H,48,50)(H,52,53)/t27-,29-,34-,35+/m0/s1. The number of H-pyrrole nitrogens is 1. The van der Waals surface area contributed by atoms with Gasteiger partial charge in [0.2, 0.25) is 5.91 Å². The number of anilines is 1. The maximum atomic E-state index is 13.7. The molecule has 1 aliphatic heterocycles. The quantitative estimate of drug-likeness (QED) is 0.106. The van der Waals surface area contributed by atoms with Gasteiger partial charge in [-0.05, 0) is 66.5 Å². The van der Waals surface area contributed by atoms with Gasteiger partial charge in [0.25, 0.3) is 5.91 Å². The maximum Gasteiger partial charge on any atom is 0.326 e. The summed E-state index contributed by atoms with van der Waals surface area (Å²) < 4.78 is 0. The fourth-order valence-corrected chi connectivity index (χ4v) is 9.00. The molecule has 0 radical (unpaired) electrons. The number of aromatic nitrogens is 4. The van der Waals surface area contributed by atoms with Gasteiger partial charge >= 0.3 is 5.97 Å². The summed E-state index contributed by atoms with van der Waals surface area (Å²) in [7, 11) is 0. The van der Waals surface area contributed by atoms with E-state index < -0.39 is 29.9 Å². The Kier molecular flexibility index (Phi) is 12.8. The molecule has 1 aromatic carbocycles. The first-order valence-electron chi connectivity index (χ1n) is 19.5. The number of carbonyl (C=O) groups excluding carboxylic acids is 2. The van der Waals surface area contributed by atoms with Crippen LogP contribution in [-0.4, -0.2) is 68.0 Å². The minimum absolute atomic E-state index is 0.00310. The molecule has 2 aliphatic rings. The van der Waals surface area contributed by atoms with Gasteiger partial charge in [0.1, 0.15) is 12.1 Å². The van der Waals surface area contributed by atoms with Gasteiger partial charge in [0.15, 0.2) is 5.82 Å². The number of amides is 2. The number of carboxylic acid groups (broad SMARTS) is 1. The Labute approximate surface area is 322 Å². The second-order valence-electron chi connectivity index (χ2n) is 16.2. The maximum absolute atomic E-state index is 13.7. The summed E-state index contributed by atoms with van der Waals surface area (Å²) in [5, 5.41) is 15.4. The van der Waals surface area contributed by atoms with Crippen molar-refractivity contribution in [2.24, 2.45) is 17.8 Å². The van der Waals surface area contributed by atoms with Crippen molar-refractivity contribution in [2.75, 3.05) is 18.0 Å². The molecule has 2 amide bonds. The number of aliphatic carboxylic acids is 1. The fraction of sp³-hybridized carbons (Fsp3) is 0.524. The molecular formula is C42H55N7O4S. The van der Waals surface area contributed by atoms with E-state index in [0.29, 0.717) is 16.4 Å². The third-order valence-corrected chi connectivity index (χ3v) is 12.7. The van der Waals surface area contributed by atoms with Gasteiger partial charge in [-0.15, -0.1) is 11.3 Å². The average Bonchev–Trinajstić information content (AvgIpc) is 3.89. The van der Waals surface area contributed by atoms with Gasteiger partial charge in [-0.3, -0.25) is 9.59 Å². The van der Waals surface area contributed by atoms with Gasteiger partial charge < -0.3 is 25.6 Å². The predicted molar refractivity (Wildman–Crippen MR) is 213 cm³/mol. The Morgan fingerprint density at radius 3 is 2.17 bits per heavy atom. The molecule has 1 aliphatic carbocycles. The summed E-state index contributed by atoms with van der Waals surface area (Å²) in [4.78, 5) is 59.5. The van der Waals surface area contributed by atoms with Crippen LogP contribution in [0.4, 0.5) is 5.69 Å². The Morgan fingerprint density at radius 2 is 1.57 bits per heavy atom. The predicted octanol–water partition coefficient (Wildman–Crippen LogP) is 7.20. The highest BCUT2D eigenvalue weighted by Gasteiger charge is 2.31. The molecule has 288 valence electrons. The summed E-state index contributed by atoms with van der Waals surface area (Å²) >= 11 is 1.38. The average molecular weight is 754 g/mol. The van der Waals surface area contributed by atoms with Crippen LogP contribution in [0, 0.1) is 17.8 Å². The first-order valence-corrected chi connectivity index (χ1v) is 20.4. The molecule has 12 heteroatoms. The van der Waals surface area contributed by atoms with Crippen molar-refractivity contribution in [3.8, 4) is 11.4 Å². The molecule has 54 heavy (non-hydrogen) atoms. The number of hydrogen-bond acceptors (Lipinski definition) is 8. The number of thiophene rings is 1. The molecule has 6 rings (SSSR count). The van der Waals surface area contributed by atoms with E-state index in [0.717, 1.165) is 52.5 Å². The molecule has 2 fully saturated rings. The van der Waals surface area contributed by atoms with Crippen LogP contribution in [0.1, 0.15) is 105 Å². The van der Waals surface area contributed by atoms with E-state index in [4.69, 9.17) is 9.97 Å². The minimum atomic E-state index is -1.22. The molecule has 1 saturated carbocycles. The van der Waals surface area contributed by atoms with Crippen molar-refractivity contribution in [2.45, 2.75) is 109 Å². The van der Waals surface area contributed by atoms with Crippen LogP contribution in [0.3, 0.4) is 0 Å². The van der Waals surface area contributed by atoms with Crippen molar-refractivity contribution in [3.63, 3.8) is 0 Å². The molecule has 0 unspecified atom stereocenters.